The predicted octanol–water partition coefficient (Wildman–Crippen LogP) is 3.43. The summed E-state index contributed by atoms with van der Waals surface area (Å²) in [4.78, 5) is 12.9. The molecule has 0 radical (unpaired) electrons. The van der Waals surface area contributed by atoms with Crippen molar-refractivity contribution in [1.82, 2.24) is 9.78 Å². The SMILES string of the molecule is COc1c(NC2C[C@H]3C[C@@H]([C@H]2C)C3(C)C)cnn(C2CCCCO2)c1=O. The van der Waals surface area contributed by atoms with Gasteiger partial charge in [0, 0.05) is 12.6 Å². The Balaban J connectivity index is 1.56. The molecule has 2 unspecified atom stereocenters. The number of nitrogens with zero attached hydrogens (tertiary/aromatic N) is 2. The summed E-state index contributed by atoms with van der Waals surface area (Å²) in [7, 11) is 1.55. The molecule has 3 saturated carbocycles. The molecule has 1 aromatic rings. The second-order valence-electron chi connectivity index (χ2n) is 8.87. The number of fused-ring (bicyclic) bond motifs is 2. The molecule has 6 nitrogen and oxygen atoms in total. The largest absolute Gasteiger partial charge is 0.490 e. The Bertz CT molecular complexity index is 724. The number of nitrogens with one attached hydrogen (secondary N) is 1. The molecule has 1 aliphatic heterocycles. The zero-order valence-electron chi connectivity index (χ0n) is 16.3. The van der Waals surface area contributed by atoms with E-state index >= 15 is 0 Å². The molecule has 0 spiro atoms. The highest BCUT2D eigenvalue weighted by Gasteiger charge is 2.56. The Morgan fingerprint density at radius 3 is 2.77 bits per heavy atom. The molecule has 2 bridgehead atoms. The number of methoxy groups -OCH3 is 1. The van der Waals surface area contributed by atoms with Crippen LogP contribution < -0.4 is 15.6 Å². The van der Waals surface area contributed by atoms with Crippen molar-refractivity contribution in [2.45, 2.75) is 65.1 Å². The summed E-state index contributed by atoms with van der Waals surface area (Å²) in [6.07, 6.45) is 6.85. The van der Waals surface area contributed by atoms with Crippen molar-refractivity contribution in [1.29, 1.82) is 0 Å². The Morgan fingerprint density at radius 1 is 1.35 bits per heavy atom. The van der Waals surface area contributed by atoms with Gasteiger partial charge in [-0.2, -0.15) is 9.78 Å². The lowest BCUT2D eigenvalue weighted by Crippen LogP contribution is -2.58. The molecule has 144 valence electrons. The van der Waals surface area contributed by atoms with Crippen molar-refractivity contribution in [3.05, 3.63) is 16.6 Å². The Hall–Kier alpha value is -1.56. The summed E-state index contributed by atoms with van der Waals surface area (Å²) in [5, 5.41) is 7.97. The number of anilines is 1. The average Bonchev–Trinajstić information content (AvgIpc) is 2.64. The van der Waals surface area contributed by atoms with Gasteiger partial charge in [-0.05, 0) is 55.3 Å². The van der Waals surface area contributed by atoms with Gasteiger partial charge in [0.25, 0.3) is 0 Å². The third-order valence-corrected chi connectivity index (χ3v) is 7.29. The number of rotatable bonds is 4. The monoisotopic (exact) mass is 361 g/mol. The molecule has 0 amide bonds. The van der Waals surface area contributed by atoms with E-state index in [-0.39, 0.29) is 11.8 Å². The number of hydrogen-bond donors (Lipinski definition) is 1. The van der Waals surface area contributed by atoms with Crippen molar-refractivity contribution in [2.24, 2.45) is 23.2 Å². The van der Waals surface area contributed by atoms with Crippen LogP contribution in [0.4, 0.5) is 5.69 Å². The highest BCUT2D eigenvalue weighted by atomic mass is 16.5. The number of aromatic nitrogens is 2. The molecule has 1 N–H and O–H groups in total. The Labute approximate surface area is 155 Å². The van der Waals surface area contributed by atoms with Crippen LogP contribution in [0, 0.1) is 23.2 Å². The van der Waals surface area contributed by atoms with Crippen LogP contribution in [0.25, 0.3) is 0 Å². The molecule has 3 aliphatic carbocycles. The average molecular weight is 361 g/mol. The first kappa shape index (κ1) is 17.8. The third-order valence-electron chi connectivity index (χ3n) is 7.29. The summed E-state index contributed by atoms with van der Waals surface area (Å²) in [6.45, 7) is 7.80. The summed E-state index contributed by atoms with van der Waals surface area (Å²) < 4.78 is 12.6. The van der Waals surface area contributed by atoms with Crippen molar-refractivity contribution >= 4 is 5.69 Å². The fourth-order valence-corrected chi connectivity index (χ4v) is 5.41. The van der Waals surface area contributed by atoms with Crippen molar-refractivity contribution < 1.29 is 9.47 Å². The van der Waals surface area contributed by atoms with Gasteiger partial charge >= 0.3 is 5.56 Å². The van der Waals surface area contributed by atoms with E-state index in [9.17, 15) is 4.79 Å². The Morgan fingerprint density at radius 2 is 2.15 bits per heavy atom. The van der Waals surface area contributed by atoms with Crippen LogP contribution in [-0.4, -0.2) is 29.5 Å². The van der Waals surface area contributed by atoms with Gasteiger partial charge in [0.05, 0.1) is 13.3 Å². The topological polar surface area (TPSA) is 65.4 Å². The maximum atomic E-state index is 12.9. The van der Waals surface area contributed by atoms with Crippen molar-refractivity contribution in [3.8, 4) is 5.75 Å². The van der Waals surface area contributed by atoms with E-state index in [1.165, 1.54) is 11.1 Å². The summed E-state index contributed by atoms with van der Waals surface area (Å²) in [6, 6.07) is 0.364. The zero-order chi connectivity index (χ0) is 18.5. The van der Waals surface area contributed by atoms with Crippen LogP contribution >= 0.6 is 0 Å². The number of ether oxygens (including phenoxy) is 2. The summed E-state index contributed by atoms with van der Waals surface area (Å²) in [5.41, 5.74) is 0.945. The summed E-state index contributed by atoms with van der Waals surface area (Å²) >= 11 is 0. The van der Waals surface area contributed by atoms with Gasteiger partial charge in [0.15, 0.2) is 6.23 Å². The fraction of sp³-hybridized carbons (Fsp3) is 0.800. The van der Waals surface area contributed by atoms with E-state index in [1.54, 1.807) is 13.3 Å². The molecule has 5 atom stereocenters. The first-order chi connectivity index (χ1) is 12.4. The Kier molecular flexibility index (Phi) is 4.49. The molecule has 1 saturated heterocycles. The molecule has 6 heteroatoms. The highest BCUT2D eigenvalue weighted by molar-refractivity contribution is 5.54. The normalized spacial score (nSPS) is 35.5. The van der Waals surface area contributed by atoms with Gasteiger partial charge in [0.1, 0.15) is 5.69 Å². The maximum absolute atomic E-state index is 12.9. The lowest BCUT2D eigenvalue weighted by molar-refractivity contribution is -0.105. The highest BCUT2D eigenvalue weighted by Crippen LogP contribution is 2.61. The first-order valence-electron chi connectivity index (χ1n) is 9.97. The predicted molar refractivity (Wildman–Crippen MR) is 100 cm³/mol. The van der Waals surface area contributed by atoms with E-state index < -0.39 is 0 Å². The standard InChI is InChI=1S/C20H31N3O3/c1-12-14-9-13(20(14,2)3)10-15(12)22-16-11-21-23(19(24)18(16)25-4)17-7-5-6-8-26-17/h11-15,17,22H,5-10H2,1-4H3/t12-,13-,14+,15?,17?/m1/s1. The van der Waals surface area contributed by atoms with Gasteiger partial charge in [-0.1, -0.05) is 20.8 Å². The zero-order valence-corrected chi connectivity index (χ0v) is 16.3. The molecule has 4 aliphatic rings. The fourth-order valence-electron chi connectivity index (χ4n) is 5.41. The minimum absolute atomic E-state index is 0.210. The lowest BCUT2D eigenvalue weighted by atomic mass is 9.45. The van der Waals surface area contributed by atoms with E-state index in [0.717, 1.165) is 37.5 Å². The van der Waals surface area contributed by atoms with Gasteiger partial charge in [-0.25, -0.2) is 0 Å². The van der Waals surface area contributed by atoms with E-state index in [1.807, 2.05) is 0 Å². The van der Waals surface area contributed by atoms with Crippen molar-refractivity contribution in [3.63, 3.8) is 0 Å². The van der Waals surface area contributed by atoms with E-state index in [4.69, 9.17) is 9.47 Å². The molecule has 26 heavy (non-hydrogen) atoms. The molecule has 4 fully saturated rings. The van der Waals surface area contributed by atoms with Gasteiger partial charge in [0.2, 0.25) is 5.75 Å². The number of hydrogen-bond acceptors (Lipinski definition) is 5. The molecular formula is C20H31N3O3. The van der Waals surface area contributed by atoms with E-state index in [2.05, 4.69) is 31.2 Å². The molecular weight excluding hydrogens is 330 g/mol. The van der Waals surface area contributed by atoms with Gasteiger partial charge in [-0.15, -0.1) is 0 Å². The second kappa shape index (κ2) is 6.55. The third kappa shape index (κ3) is 2.73. The molecule has 1 aromatic heterocycles. The quantitative estimate of drug-likeness (QED) is 0.890. The van der Waals surface area contributed by atoms with E-state index in [0.29, 0.717) is 35.4 Å². The van der Waals surface area contributed by atoms with Crippen LogP contribution in [0.2, 0.25) is 0 Å². The first-order valence-corrected chi connectivity index (χ1v) is 9.97. The maximum Gasteiger partial charge on any atom is 0.313 e. The molecule has 0 aromatic carbocycles. The summed E-state index contributed by atoms with van der Waals surface area (Å²) in [5.74, 6) is 2.42. The van der Waals surface area contributed by atoms with Gasteiger partial charge in [-0.3, -0.25) is 4.79 Å². The minimum atomic E-state index is -0.277. The van der Waals surface area contributed by atoms with Crippen LogP contribution in [0.5, 0.6) is 5.75 Å². The van der Waals surface area contributed by atoms with Crippen LogP contribution in [0.1, 0.15) is 59.1 Å². The molecule has 2 heterocycles. The second-order valence-corrected chi connectivity index (χ2v) is 8.87. The van der Waals surface area contributed by atoms with Crippen LogP contribution in [0.3, 0.4) is 0 Å². The van der Waals surface area contributed by atoms with Crippen LogP contribution in [0.15, 0.2) is 11.0 Å². The van der Waals surface area contributed by atoms with Crippen LogP contribution in [-0.2, 0) is 4.74 Å². The molecule has 5 rings (SSSR count). The van der Waals surface area contributed by atoms with Gasteiger partial charge < -0.3 is 14.8 Å². The smallest absolute Gasteiger partial charge is 0.313 e. The van der Waals surface area contributed by atoms with Crippen molar-refractivity contribution in [2.75, 3.05) is 19.0 Å². The minimum Gasteiger partial charge on any atom is -0.490 e. The lowest BCUT2D eigenvalue weighted by Gasteiger charge is -2.62.